The molecule has 0 N–H and O–H groups in total. The third-order valence-corrected chi connectivity index (χ3v) is 19.7. The first kappa shape index (κ1) is 33.1. The van der Waals surface area contributed by atoms with E-state index in [1.165, 1.54) is 54.2 Å². The Bertz CT molecular complexity index is 4270. The Hall–Kier alpha value is -8.56. The molecule has 0 amide bonds. The number of para-hydroxylation sites is 1. The first-order valence-corrected chi connectivity index (χ1v) is 26.0. The number of aromatic nitrogens is 1. The topological polar surface area (TPSA) is 4.93 Å². The molecule has 3 aliphatic carbocycles. The first-order chi connectivity index (χ1) is 39.3. The molecule has 0 radical (unpaired) electrons. The minimum Gasteiger partial charge on any atom is -0.309 e. The van der Waals surface area contributed by atoms with E-state index in [1.54, 1.807) is 18.2 Å². The molecule has 0 aliphatic heterocycles. The highest BCUT2D eigenvalue weighted by atomic mass is 28.3. The second-order valence-electron chi connectivity index (χ2n) is 18.3. The average Bonchev–Trinajstić information content (AvgIpc) is 3.17. The standard InChI is InChI=1S/C69H51NSi/c1-3-25-64(71(51-30-13-6-14-31-51,52-32-15-7-16-33-52)53-34-17-8-18-35-53)66-47(2)65-57-37-19-20-38-58(57)69(66)68-59(65)41-24-43-63(68)70-61-42-22-21-36-56(61)60-46-50(44-45-62(60)70)67-54(48-26-9-4-10-27-48)39-23-40-55(67)49-28-11-5-12-29-49/h3-46,65,69H,1H2,2H3/b64-25+/i4D,5D,9D,10D,11D,12D,26D,27D,28D,29D. The van der Waals surface area contributed by atoms with Crippen LogP contribution in [0.25, 0.3) is 60.9 Å². The molecule has 71 heavy (non-hydrogen) atoms. The lowest BCUT2D eigenvalue weighted by atomic mass is 9.60. The van der Waals surface area contributed by atoms with Crippen molar-refractivity contribution in [1.82, 2.24) is 4.57 Å². The number of hydrogen-bond donors (Lipinski definition) is 0. The summed E-state index contributed by atoms with van der Waals surface area (Å²) in [6.45, 7) is 6.77. The van der Waals surface area contributed by atoms with Gasteiger partial charge in [0.15, 0.2) is 8.07 Å². The fourth-order valence-electron chi connectivity index (χ4n) is 12.2. The second kappa shape index (κ2) is 17.4. The zero-order valence-corrected chi connectivity index (χ0v) is 39.9. The largest absolute Gasteiger partial charge is 0.309 e. The van der Waals surface area contributed by atoms with E-state index in [2.05, 4.69) is 170 Å². The molecule has 2 atom stereocenters. The smallest absolute Gasteiger partial charge is 0.179 e. The Labute approximate surface area is 431 Å². The van der Waals surface area contributed by atoms with Gasteiger partial charge in [0.2, 0.25) is 0 Å². The van der Waals surface area contributed by atoms with Gasteiger partial charge in [0, 0.05) is 22.6 Å². The summed E-state index contributed by atoms with van der Waals surface area (Å²) in [5, 5.41) is 6.84. The molecule has 1 nitrogen and oxygen atoms in total. The SMILES string of the molecule is [2H]c1c([2H])c([2H])c(-c2cccc(-c3c([2H])c([2H])c([2H])c([2H])c3[2H])c2-c2ccc3c(c2)c2ccccc2n3-c2cccc3c2C2C(/C(=C\C=C)[Si](c4ccccc4)(c4ccccc4)c4ccccc4)=C(C)C3c3ccccc32)c([2H])c1[2H]. The highest BCUT2D eigenvalue weighted by Gasteiger charge is 2.51. The number of hydrogen-bond acceptors (Lipinski definition) is 0. The van der Waals surface area contributed by atoms with E-state index in [0.29, 0.717) is 11.1 Å². The van der Waals surface area contributed by atoms with Crippen LogP contribution in [0.3, 0.4) is 0 Å². The van der Waals surface area contributed by atoms with Gasteiger partial charge in [-0.3, -0.25) is 0 Å². The van der Waals surface area contributed by atoms with Gasteiger partial charge in [-0.1, -0.05) is 255 Å². The predicted octanol–water partition coefficient (Wildman–Crippen LogP) is 15.5. The molecule has 10 aromatic carbocycles. The summed E-state index contributed by atoms with van der Waals surface area (Å²) >= 11 is 0. The van der Waals surface area contributed by atoms with Crippen molar-refractivity contribution in [3.8, 4) is 39.1 Å². The molecule has 2 bridgehead atoms. The summed E-state index contributed by atoms with van der Waals surface area (Å²) in [5.41, 5.74) is 11.7. The van der Waals surface area contributed by atoms with Crippen LogP contribution < -0.4 is 15.6 Å². The monoisotopic (exact) mass is 931 g/mol. The van der Waals surface area contributed by atoms with Crippen LogP contribution in [-0.4, -0.2) is 12.6 Å². The van der Waals surface area contributed by atoms with Crippen LogP contribution in [0.1, 0.15) is 54.7 Å². The van der Waals surface area contributed by atoms with Crippen LogP contribution in [0.5, 0.6) is 0 Å². The van der Waals surface area contributed by atoms with Crippen molar-refractivity contribution in [2.45, 2.75) is 18.8 Å². The summed E-state index contributed by atoms with van der Waals surface area (Å²) in [5.74, 6) is -0.290. The Kier molecular flexibility index (Phi) is 8.12. The van der Waals surface area contributed by atoms with Gasteiger partial charge in [0.1, 0.15) is 0 Å². The Balaban J connectivity index is 1.09. The molecule has 1 aromatic heterocycles. The number of allylic oxidation sites excluding steroid dienone is 5. The molecule has 0 saturated carbocycles. The van der Waals surface area contributed by atoms with Crippen LogP contribution in [0, 0.1) is 0 Å². The van der Waals surface area contributed by atoms with Gasteiger partial charge in [-0.15, -0.1) is 0 Å². The van der Waals surface area contributed by atoms with Crippen molar-refractivity contribution in [3.05, 3.63) is 312 Å². The van der Waals surface area contributed by atoms with Crippen molar-refractivity contribution < 1.29 is 13.7 Å². The molecule has 1 heterocycles. The third-order valence-electron chi connectivity index (χ3n) is 14.9. The summed E-state index contributed by atoms with van der Waals surface area (Å²) < 4.78 is 90.8. The van der Waals surface area contributed by atoms with Crippen LogP contribution in [0.2, 0.25) is 0 Å². The number of benzene rings is 10. The maximum absolute atomic E-state index is 9.18. The minimum atomic E-state index is -3.17. The molecule has 2 unspecified atom stereocenters. The third kappa shape index (κ3) is 6.59. The lowest BCUT2D eigenvalue weighted by Crippen LogP contribution is -2.69. The van der Waals surface area contributed by atoms with Crippen molar-refractivity contribution in [3.63, 3.8) is 0 Å². The summed E-state index contributed by atoms with van der Waals surface area (Å²) in [6, 6.07) is 63.0. The Morgan fingerprint density at radius 1 is 0.493 bits per heavy atom. The average molecular weight is 932 g/mol. The fourth-order valence-corrected chi connectivity index (χ4v) is 17.3. The highest BCUT2D eigenvalue weighted by Crippen LogP contribution is 2.59. The van der Waals surface area contributed by atoms with E-state index in [1.807, 2.05) is 36.4 Å². The van der Waals surface area contributed by atoms with Gasteiger partial charge < -0.3 is 4.57 Å². The normalized spacial score (nSPS) is 17.2. The van der Waals surface area contributed by atoms with Crippen molar-refractivity contribution in [1.29, 1.82) is 0 Å². The quantitative estimate of drug-likeness (QED) is 0.0732. The number of rotatable bonds is 10. The van der Waals surface area contributed by atoms with Crippen molar-refractivity contribution in [2.75, 3.05) is 0 Å². The van der Waals surface area contributed by atoms with E-state index in [0.717, 1.165) is 27.5 Å². The molecule has 0 spiro atoms. The van der Waals surface area contributed by atoms with Gasteiger partial charge in [0.05, 0.1) is 30.4 Å². The Morgan fingerprint density at radius 3 is 1.59 bits per heavy atom. The molecule has 14 rings (SSSR count). The van der Waals surface area contributed by atoms with Gasteiger partial charge in [0.25, 0.3) is 0 Å². The maximum atomic E-state index is 9.18. The lowest BCUT2D eigenvalue weighted by Gasteiger charge is -2.48. The molecule has 0 saturated heterocycles. The maximum Gasteiger partial charge on any atom is 0.179 e. The highest BCUT2D eigenvalue weighted by molar-refractivity contribution is 7.16. The van der Waals surface area contributed by atoms with Gasteiger partial charge >= 0.3 is 0 Å². The van der Waals surface area contributed by atoms with Crippen LogP contribution in [0.15, 0.2) is 290 Å². The summed E-state index contributed by atoms with van der Waals surface area (Å²) in [7, 11) is -3.17. The lowest BCUT2D eigenvalue weighted by molar-refractivity contribution is 0.734. The van der Waals surface area contributed by atoms with Gasteiger partial charge in [-0.2, -0.15) is 0 Å². The second-order valence-corrected chi connectivity index (χ2v) is 22.1. The van der Waals surface area contributed by atoms with E-state index in [4.69, 9.17) is 8.22 Å². The van der Waals surface area contributed by atoms with Crippen LogP contribution >= 0.6 is 0 Å². The summed E-state index contributed by atoms with van der Waals surface area (Å²) in [6.07, 6.45) is 4.27. The van der Waals surface area contributed by atoms with E-state index in [9.17, 15) is 5.48 Å². The Morgan fingerprint density at radius 2 is 1.00 bits per heavy atom. The fraction of sp³-hybridized carbons (Fsp3) is 0.0435. The summed E-state index contributed by atoms with van der Waals surface area (Å²) in [4.78, 5) is 0. The molecule has 336 valence electrons. The van der Waals surface area contributed by atoms with E-state index < -0.39 is 68.5 Å². The molecule has 2 heteroatoms. The molecular weight excluding hydrogens is 871 g/mol. The van der Waals surface area contributed by atoms with Crippen LogP contribution in [0.4, 0.5) is 0 Å². The molecular formula is C69H51NSi. The molecule has 11 aromatic rings. The predicted molar refractivity (Wildman–Crippen MR) is 302 cm³/mol. The van der Waals surface area contributed by atoms with Crippen LogP contribution in [-0.2, 0) is 0 Å². The van der Waals surface area contributed by atoms with E-state index >= 15 is 0 Å². The zero-order valence-electron chi connectivity index (χ0n) is 48.9. The molecule has 3 aliphatic rings. The van der Waals surface area contributed by atoms with E-state index in [-0.39, 0.29) is 34.1 Å². The van der Waals surface area contributed by atoms with Gasteiger partial charge in [-0.05, 0) is 113 Å². The number of fused-ring (bicyclic) bond motifs is 3. The molecule has 0 fully saturated rings. The first-order valence-electron chi connectivity index (χ1n) is 29.0. The number of nitrogens with zero attached hydrogens (tertiary/aromatic N) is 1. The minimum absolute atomic E-state index is 0.0677. The van der Waals surface area contributed by atoms with Crippen molar-refractivity contribution in [2.24, 2.45) is 0 Å². The van der Waals surface area contributed by atoms with Crippen molar-refractivity contribution >= 4 is 45.4 Å². The zero-order chi connectivity index (χ0) is 56.2. The van der Waals surface area contributed by atoms with Gasteiger partial charge in [-0.25, -0.2) is 0 Å².